The van der Waals surface area contributed by atoms with E-state index >= 15 is 0 Å². The van der Waals surface area contributed by atoms with Crippen molar-refractivity contribution in [1.29, 1.82) is 0 Å². The summed E-state index contributed by atoms with van der Waals surface area (Å²) in [6.45, 7) is 7.80. The monoisotopic (exact) mass is 257 g/mol. The van der Waals surface area contributed by atoms with Gasteiger partial charge in [-0.05, 0) is 19.4 Å². The van der Waals surface area contributed by atoms with Crippen molar-refractivity contribution in [3.8, 4) is 0 Å². The van der Waals surface area contributed by atoms with Crippen LogP contribution in [0.4, 0.5) is 0 Å². The van der Waals surface area contributed by atoms with Gasteiger partial charge in [-0.2, -0.15) is 0 Å². The lowest BCUT2D eigenvalue weighted by atomic mass is 10.2. The van der Waals surface area contributed by atoms with Crippen LogP contribution in [0.25, 0.3) is 0 Å². The Balaban J connectivity index is 3.72. The minimum Gasteiger partial charge on any atom is -0.355 e. The Kier molecular flexibility index (Phi) is 9.28. The Hall–Kier alpha value is -1.10. The fourth-order valence-electron chi connectivity index (χ4n) is 1.45. The van der Waals surface area contributed by atoms with Gasteiger partial charge in [0.05, 0.1) is 6.54 Å². The third kappa shape index (κ3) is 8.98. The second-order valence-corrected chi connectivity index (χ2v) is 4.81. The number of nitrogens with one attached hydrogen (secondary N) is 2. The van der Waals surface area contributed by atoms with Crippen LogP contribution in [-0.2, 0) is 9.59 Å². The molecule has 0 aliphatic heterocycles. The van der Waals surface area contributed by atoms with Gasteiger partial charge < -0.3 is 15.5 Å². The molecule has 0 aliphatic rings. The Bertz CT molecular complexity index is 255. The van der Waals surface area contributed by atoms with E-state index in [0.29, 0.717) is 19.0 Å². The first-order valence-corrected chi connectivity index (χ1v) is 6.71. The van der Waals surface area contributed by atoms with Crippen molar-refractivity contribution in [2.45, 2.75) is 46.1 Å². The molecule has 18 heavy (non-hydrogen) atoms. The molecule has 0 radical (unpaired) electrons. The van der Waals surface area contributed by atoms with E-state index in [9.17, 15) is 9.59 Å². The van der Waals surface area contributed by atoms with Gasteiger partial charge in [-0.1, -0.05) is 20.8 Å². The van der Waals surface area contributed by atoms with E-state index in [1.165, 1.54) is 4.90 Å². The van der Waals surface area contributed by atoms with Crippen LogP contribution in [0.3, 0.4) is 0 Å². The highest BCUT2D eigenvalue weighted by Gasteiger charge is 2.11. The second-order valence-electron chi connectivity index (χ2n) is 4.81. The standard InChI is InChI=1S/C13H27N3O2/c1-5-8-15-12(17)10-16(4)13(18)7-6-9-14-11(2)3/h11,14H,5-10H2,1-4H3,(H,15,17). The first-order valence-electron chi connectivity index (χ1n) is 6.71. The van der Waals surface area contributed by atoms with E-state index < -0.39 is 0 Å². The van der Waals surface area contributed by atoms with Gasteiger partial charge >= 0.3 is 0 Å². The van der Waals surface area contributed by atoms with Crippen molar-refractivity contribution in [3.05, 3.63) is 0 Å². The number of carbonyl (C=O) groups is 2. The van der Waals surface area contributed by atoms with Gasteiger partial charge in [0, 0.05) is 26.1 Å². The summed E-state index contributed by atoms with van der Waals surface area (Å²) in [4.78, 5) is 24.6. The molecule has 5 heteroatoms. The lowest BCUT2D eigenvalue weighted by Crippen LogP contribution is -2.38. The van der Waals surface area contributed by atoms with E-state index in [0.717, 1.165) is 19.4 Å². The molecule has 2 N–H and O–H groups in total. The lowest BCUT2D eigenvalue weighted by Gasteiger charge is -2.17. The van der Waals surface area contributed by atoms with Crippen LogP contribution < -0.4 is 10.6 Å². The molecule has 0 heterocycles. The summed E-state index contributed by atoms with van der Waals surface area (Å²) in [7, 11) is 1.67. The van der Waals surface area contributed by atoms with Gasteiger partial charge in [-0.3, -0.25) is 9.59 Å². The fourth-order valence-corrected chi connectivity index (χ4v) is 1.45. The molecule has 0 aromatic rings. The number of hydrogen-bond donors (Lipinski definition) is 2. The molecule has 106 valence electrons. The third-order valence-corrected chi connectivity index (χ3v) is 2.50. The summed E-state index contributed by atoms with van der Waals surface area (Å²) >= 11 is 0. The van der Waals surface area contributed by atoms with E-state index in [4.69, 9.17) is 0 Å². The SMILES string of the molecule is CCCNC(=O)CN(C)C(=O)CCCNC(C)C. The van der Waals surface area contributed by atoms with Crippen molar-refractivity contribution < 1.29 is 9.59 Å². The van der Waals surface area contributed by atoms with Gasteiger partial charge in [0.25, 0.3) is 0 Å². The van der Waals surface area contributed by atoms with Crippen molar-refractivity contribution in [2.75, 3.05) is 26.7 Å². The van der Waals surface area contributed by atoms with E-state index in [1.54, 1.807) is 7.05 Å². The maximum Gasteiger partial charge on any atom is 0.239 e. The average molecular weight is 257 g/mol. The highest BCUT2D eigenvalue weighted by Crippen LogP contribution is 1.95. The Labute approximate surface area is 110 Å². The maximum atomic E-state index is 11.7. The molecular weight excluding hydrogens is 230 g/mol. The van der Waals surface area contributed by atoms with Crippen LogP contribution in [0.5, 0.6) is 0 Å². The minimum atomic E-state index is -0.0898. The zero-order valence-electron chi connectivity index (χ0n) is 12.1. The molecule has 0 rings (SSSR count). The number of amides is 2. The van der Waals surface area contributed by atoms with Crippen LogP contribution >= 0.6 is 0 Å². The lowest BCUT2D eigenvalue weighted by molar-refractivity contribution is -0.134. The minimum absolute atomic E-state index is 0.0206. The second kappa shape index (κ2) is 9.88. The number of nitrogens with zero attached hydrogens (tertiary/aromatic N) is 1. The summed E-state index contributed by atoms with van der Waals surface area (Å²) in [5.74, 6) is -0.0692. The number of carbonyl (C=O) groups excluding carboxylic acids is 2. The van der Waals surface area contributed by atoms with Crippen molar-refractivity contribution >= 4 is 11.8 Å². The van der Waals surface area contributed by atoms with Crippen LogP contribution in [0, 0.1) is 0 Å². The quantitative estimate of drug-likeness (QED) is 0.599. The molecule has 0 fully saturated rings. The Morgan fingerprint density at radius 1 is 1.22 bits per heavy atom. The molecule has 5 nitrogen and oxygen atoms in total. The Morgan fingerprint density at radius 3 is 2.44 bits per heavy atom. The van der Waals surface area contributed by atoms with E-state index in [2.05, 4.69) is 24.5 Å². The molecule has 0 saturated carbocycles. The molecule has 0 saturated heterocycles. The number of likely N-dealkylation sites (N-methyl/N-ethyl adjacent to an activating group) is 1. The van der Waals surface area contributed by atoms with E-state index in [-0.39, 0.29) is 18.4 Å². The first-order chi connectivity index (χ1) is 8.47. The first kappa shape index (κ1) is 16.9. The van der Waals surface area contributed by atoms with Gasteiger partial charge in [0.2, 0.25) is 11.8 Å². The molecule has 0 spiro atoms. The molecule has 0 aromatic carbocycles. The van der Waals surface area contributed by atoms with Crippen LogP contribution in [0.2, 0.25) is 0 Å². The predicted molar refractivity (Wildman–Crippen MR) is 73.3 cm³/mol. The van der Waals surface area contributed by atoms with Crippen LogP contribution in [0.1, 0.15) is 40.0 Å². The van der Waals surface area contributed by atoms with Crippen molar-refractivity contribution in [2.24, 2.45) is 0 Å². The highest BCUT2D eigenvalue weighted by molar-refractivity contribution is 5.84. The summed E-state index contributed by atoms with van der Waals surface area (Å²) in [5.41, 5.74) is 0. The van der Waals surface area contributed by atoms with Crippen LogP contribution in [-0.4, -0.2) is 49.4 Å². The molecular formula is C13H27N3O2. The highest BCUT2D eigenvalue weighted by atomic mass is 16.2. The van der Waals surface area contributed by atoms with Crippen molar-refractivity contribution in [1.82, 2.24) is 15.5 Å². The number of hydrogen-bond acceptors (Lipinski definition) is 3. The maximum absolute atomic E-state index is 11.7. The number of rotatable bonds is 9. The van der Waals surface area contributed by atoms with Crippen LogP contribution in [0.15, 0.2) is 0 Å². The Morgan fingerprint density at radius 2 is 1.89 bits per heavy atom. The molecule has 0 atom stereocenters. The fraction of sp³-hybridized carbons (Fsp3) is 0.846. The smallest absolute Gasteiger partial charge is 0.239 e. The largest absolute Gasteiger partial charge is 0.355 e. The topological polar surface area (TPSA) is 61.4 Å². The van der Waals surface area contributed by atoms with Gasteiger partial charge in [0.15, 0.2) is 0 Å². The molecule has 0 aliphatic carbocycles. The third-order valence-electron chi connectivity index (χ3n) is 2.50. The predicted octanol–water partition coefficient (Wildman–Crippen LogP) is 0.749. The van der Waals surface area contributed by atoms with Crippen molar-refractivity contribution in [3.63, 3.8) is 0 Å². The molecule has 2 amide bonds. The average Bonchev–Trinajstić information content (AvgIpc) is 2.31. The summed E-state index contributed by atoms with van der Waals surface area (Å²) in [6.07, 6.45) is 2.19. The van der Waals surface area contributed by atoms with Gasteiger partial charge in [0.1, 0.15) is 0 Å². The molecule has 0 bridgehead atoms. The van der Waals surface area contributed by atoms with Gasteiger partial charge in [-0.25, -0.2) is 0 Å². The summed E-state index contributed by atoms with van der Waals surface area (Å²) < 4.78 is 0. The van der Waals surface area contributed by atoms with E-state index in [1.807, 2.05) is 6.92 Å². The normalized spacial score (nSPS) is 10.5. The summed E-state index contributed by atoms with van der Waals surface area (Å²) in [6, 6.07) is 0.442. The zero-order chi connectivity index (χ0) is 14.0. The molecule has 0 unspecified atom stereocenters. The molecule has 0 aromatic heterocycles. The zero-order valence-corrected chi connectivity index (χ0v) is 12.1. The summed E-state index contributed by atoms with van der Waals surface area (Å²) in [5, 5.41) is 6.01. The van der Waals surface area contributed by atoms with Gasteiger partial charge in [-0.15, -0.1) is 0 Å².